The average molecular weight is 389 g/mol. The van der Waals surface area contributed by atoms with Crippen molar-refractivity contribution in [1.82, 2.24) is 10.0 Å². The van der Waals surface area contributed by atoms with Gasteiger partial charge in [0.1, 0.15) is 0 Å². The third-order valence-electron chi connectivity index (χ3n) is 2.86. The summed E-state index contributed by atoms with van der Waals surface area (Å²) in [5, 5.41) is 3.06. The maximum absolute atomic E-state index is 12.1. The lowest BCUT2D eigenvalue weighted by atomic mass is 10.1. The van der Waals surface area contributed by atoms with Crippen molar-refractivity contribution in [2.75, 3.05) is 7.05 Å². The van der Waals surface area contributed by atoms with Gasteiger partial charge in [-0.1, -0.05) is 24.3 Å². The summed E-state index contributed by atoms with van der Waals surface area (Å²) in [6.45, 7) is 1.11. The molecule has 0 radical (unpaired) electrons. The van der Waals surface area contributed by atoms with Crippen LogP contribution in [0.2, 0.25) is 0 Å². The molecule has 0 aliphatic rings. The van der Waals surface area contributed by atoms with Crippen LogP contribution in [0.5, 0.6) is 0 Å². The Balaban J connectivity index is 1.93. The van der Waals surface area contributed by atoms with Crippen molar-refractivity contribution in [2.45, 2.75) is 18.8 Å². The van der Waals surface area contributed by atoms with E-state index in [9.17, 15) is 8.42 Å². The quantitative estimate of drug-likeness (QED) is 0.766. The van der Waals surface area contributed by atoms with E-state index in [1.165, 1.54) is 11.3 Å². The van der Waals surface area contributed by atoms with Gasteiger partial charge in [-0.15, -0.1) is 11.3 Å². The Morgan fingerprint density at radius 1 is 1.05 bits per heavy atom. The van der Waals surface area contributed by atoms with Gasteiger partial charge >= 0.3 is 0 Å². The molecule has 0 amide bonds. The van der Waals surface area contributed by atoms with Gasteiger partial charge in [-0.3, -0.25) is 0 Å². The molecule has 0 spiro atoms. The van der Waals surface area contributed by atoms with Gasteiger partial charge in [0.15, 0.2) is 0 Å². The van der Waals surface area contributed by atoms with Gasteiger partial charge in [-0.2, -0.15) is 0 Å². The monoisotopic (exact) mass is 388 g/mol. The van der Waals surface area contributed by atoms with Crippen LogP contribution in [-0.4, -0.2) is 15.5 Å². The fourth-order valence-corrected chi connectivity index (χ4v) is 4.48. The van der Waals surface area contributed by atoms with E-state index in [0.29, 0.717) is 6.54 Å². The Morgan fingerprint density at radius 2 is 1.71 bits per heavy atom. The number of nitrogens with one attached hydrogen (secondary N) is 2. The zero-order valence-corrected chi connectivity index (χ0v) is 14.8. The van der Waals surface area contributed by atoms with E-state index in [0.717, 1.165) is 26.3 Å². The normalized spacial score (nSPS) is 11.7. The van der Waals surface area contributed by atoms with E-state index in [1.54, 1.807) is 0 Å². The van der Waals surface area contributed by atoms with E-state index >= 15 is 0 Å². The number of thiophene rings is 1. The van der Waals surface area contributed by atoms with Crippen molar-refractivity contribution >= 4 is 37.3 Å². The van der Waals surface area contributed by atoms with Crippen molar-refractivity contribution in [2.24, 2.45) is 0 Å². The lowest BCUT2D eigenvalue weighted by Crippen LogP contribution is -2.24. The summed E-state index contributed by atoms with van der Waals surface area (Å²) in [6, 6.07) is 11.4. The lowest BCUT2D eigenvalue weighted by molar-refractivity contribution is 0.581. The first-order valence-electron chi connectivity index (χ1n) is 6.42. The molecule has 2 rings (SSSR count). The molecule has 0 atom stereocenters. The lowest BCUT2D eigenvalue weighted by Gasteiger charge is -2.07. The molecule has 0 aliphatic carbocycles. The first-order chi connectivity index (χ1) is 9.98. The number of hydrogen-bond acceptors (Lipinski definition) is 4. The van der Waals surface area contributed by atoms with Crippen LogP contribution in [-0.2, 0) is 28.9 Å². The maximum atomic E-state index is 12.1. The minimum atomic E-state index is -3.32. The smallest absolute Gasteiger partial charge is 0.216 e. The topological polar surface area (TPSA) is 58.2 Å². The van der Waals surface area contributed by atoms with Crippen LogP contribution < -0.4 is 10.0 Å². The molecule has 0 aliphatic heterocycles. The van der Waals surface area contributed by atoms with Crippen LogP contribution in [0.4, 0.5) is 0 Å². The van der Waals surface area contributed by atoms with E-state index in [-0.39, 0.29) is 5.75 Å². The molecule has 1 aromatic carbocycles. The van der Waals surface area contributed by atoms with Crippen LogP contribution >= 0.6 is 27.3 Å². The predicted molar refractivity (Wildman–Crippen MR) is 90.7 cm³/mol. The highest BCUT2D eigenvalue weighted by molar-refractivity contribution is 9.11. The predicted octanol–water partition coefficient (Wildman–Crippen LogP) is 2.85. The minimum Gasteiger partial charge on any atom is -0.316 e. The van der Waals surface area contributed by atoms with Crippen LogP contribution in [0, 0.1) is 0 Å². The fourth-order valence-electron chi connectivity index (χ4n) is 1.86. The van der Waals surface area contributed by atoms with E-state index < -0.39 is 10.0 Å². The van der Waals surface area contributed by atoms with Crippen molar-refractivity contribution < 1.29 is 8.42 Å². The summed E-state index contributed by atoms with van der Waals surface area (Å²) in [4.78, 5) is 0.981. The molecule has 1 aromatic heterocycles. The van der Waals surface area contributed by atoms with Gasteiger partial charge in [-0.05, 0) is 46.2 Å². The molecule has 0 unspecified atom stereocenters. The molecule has 0 saturated heterocycles. The number of sulfonamides is 1. The molecular formula is C14H17BrN2O2S2. The molecule has 114 valence electrons. The molecular weight excluding hydrogens is 372 g/mol. The number of halogens is 1. The molecule has 1 heterocycles. The number of rotatable bonds is 7. The Bertz CT molecular complexity index is 681. The Labute approximate surface area is 137 Å². The maximum Gasteiger partial charge on any atom is 0.216 e. The Kier molecular flexibility index (Phi) is 5.95. The van der Waals surface area contributed by atoms with Gasteiger partial charge in [0.2, 0.25) is 10.0 Å². The summed E-state index contributed by atoms with van der Waals surface area (Å²) in [5.74, 6) is -0.000617. The fraction of sp³-hybridized carbons (Fsp3) is 0.286. The zero-order valence-electron chi connectivity index (χ0n) is 11.6. The second-order valence-electron chi connectivity index (χ2n) is 4.63. The molecule has 0 saturated carbocycles. The van der Waals surface area contributed by atoms with Gasteiger partial charge in [0.05, 0.1) is 9.54 Å². The molecule has 21 heavy (non-hydrogen) atoms. The van der Waals surface area contributed by atoms with Gasteiger partial charge in [0, 0.05) is 18.0 Å². The van der Waals surface area contributed by atoms with Crippen molar-refractivity contribution in [1.29, 1.82) is 0 Å². The highest BCUT2D eigenvalue weighted by Gasteiger charge is 2.12. The molecule has 2 N–H and O–H groups in total. The summed E-state index contributed by atoms with van der Waals surface area (Å²) < 4.78 is 27.7. The highest BCUT2D eigenvalue weighted by Crippen LogP contribution is 2.22. The SMILES string of the molecule is CNCc1ccc(CS(=O)(=O)NCc2ccc(Br)s2)cc1. The van der Waals surface area contributed by atoms with Crippen LogP contribution in [0.15, 0.2) is 40.2 Å². The summed E-state index contributed by atoms with van der Waals surface area (Å²) in [6.07, 6.45) is 0. The summed E-state index contributed by atoms with van der Waals surface area (Å²) in [7, 11) is -1.44. The summed E-state index contributed by atoms with van der Waals surface area (Å²) >= 11 is 4.89. The first-order valence-corrected chi connectivity index (χ1v) is 9.68. The molecule has 0 fully saturated rings. The van der Waals surface area contributed by atoms with E-state index in [1.807, 2.05) is 43.4 Å². The highest BCUT2D eigenvalue weighted by atomic mass is 79.9. The largest absolute Gasteiger partial charge is 0.316 e. The third-order valence-corrected chi connectivity index (χ3v) is 5.78. The van der Waals surface area contributed by atoms with Crippen molar-refractivity contribution in [3.63, 3.8) is 0 Å². The zero-order chi connectivity index (χ0) is 15.3. The second kappa shape index (κ2) is 7.51. The van der Waals surface area contributed by atoms with Crippen molar-refractivity contribution in [3.05, 3.63) is 56.2 Å². The number of benzene rings is 1. The average Bonchev–Trinajstić information content (AvgIpc) is 2.85. The molecule has 7 heteroatoms. The Hall–Kier alpha value is -0.730. The molecule has 4 nitrogen and oxygen atoms in total. The van der Waals surface area contributed by atoms with Crippen molar-refractivity contribution in [3.8, 4) is 0 Å². The van der Waals surface area contributed by atoms with Gasteiger partial charge < -0.3 is 5.32 Å². The minimum absolute atomic E-state index is 0.000617. The molecule has 0 bridgehead atoms. The van der Waals surface area contributed by atoms with Crippen LogP contribution in [0.25, 0.3) is 0 Å². The third kappa shape index (κ3) is 5.52. The molecule has 2 aromatic rings. The van der Waals surface area contributed by atoms with Crippen LogP contribution in [0.3, 0.4) is 0 Å². The first kappa shape index (κ1) is 16.6. The summed E-state index contributed by atoms with van der Waals surface area (Å²) in [5.41, 5.74) is 1.92. The van der Waals surface area contributed by atoms with Gasteiger partial charge in [-0.25, -0.2) is 13.1 Å². The second-order valence-corrected chi connectivity index (χ2v) is 8.99. The van der Waals surface area contributed by atoms with Crippen LogP contribution in [0.1, 0.15) is 16.0 Å². The van der Waals surface area contributed by atoms with E-state index in [2.05, 4.69) is 26.0 Å². The van der Waals surface area contributed by atoms with Gasteiger partial charge in [0.25, 0.3) is 0 Å². The standard InChI is InChI=1S/C14H17BrN2O2S2/c1-16-8-11-2-4-12(5-3-11)10-21(18,19)17-9-13-6-7-14(15)20-13/h2-7,16-17H,8-10H2,1H3. The number of hydrogen-bond donors (Lipinski definition) is 2. The Morgan fingerprint density at radius 3 is 2.29 bits per heavy atom. The van der Waals surface area contributed by atoms with E-state index in [4.69, 9.17) is 0 Å².